The molecule has 5 heteroatoms. The lowest BCUT2D eigenvalue weighted by atomic mass is 10.3. The Labute approximate surface area is 70.2 Å². The van der Waals surface area contributed by atoms with Crippen molar-refractivity contribution in [2.45, 2.75) is 19.8 Å². The van der Waals surface area contributed by atoms with Gasteiger partial charge in [-0.25, -0.2) is 4.79 Å². The van der Waals surface area contributed by atoms with Gasteiger partial charge in [0.05, 0.1) is 6.61 Å². The quantitative estimate of drug-likeness (QED) is 0.221. The van der Waals surface area contributed by atoms with Gasteiger partial charge >= 0.3 is 5.97 Å². The fourth-order valence-electron chi connectivity index (χ4n) is 0.486. The van der Waals surface area contributed by atoms with E-state index in [-0.39, 0.29) is 6.61 Å². The molecule has 0 heterocycles. The highest BCUT2D eigenvalue weighted by atomic mass is 16.5. The maximum absolute atomic E-state index is 10.7. The monoisotopic (exact) mass is 170 g/mol. The first-order valence-corrected chi connectivity index (χ1v) is 3.55. The Hall–Kier alpha value is -1.57. The van der Waals surface area contributed by atoms with Crippen molar-refractivity contribution in [1.29, 1.82) is 5.26 Å². The van der Waals surface area contributed by atoms with Gasteiger partial charge < -0.3 is 9.94 Å². The minimum atomic E-state index is -0.881. The number of nitrogens with zero attached hydrogens (tertiary/aromatic N) is 2. The molecule has 0 saturated carbocycles. The van der Waals surface area contributed by atoms with Gasteiger partial charge in [0, 0.05) is 0 Å². The molecule has 12 heavy (non-hydrogen) atoms. The second kappa shape index (κ2) is 6.16. The number of rotatable bonds is 4. The smallest absolute Gasteiger partial charge is 0.371 e. The van der Waals surface area contributed by atoms with Gasteiger partial charge in [-0.05, 0) is 6.42 Å². The SMILES string of the molecule is CCCCOC(=O)/C(C#N)=N/O. The molecule has 0 saturated heterocycles. The zero-order chi connectivity index (χ0) is 9.40. The molecule has 66 valence electrons. The summed E-state index contributed by atoms with van der Waals surface area (Å²) < 4.78 is 4.57. The molecular formula is C7H10N2O3. The molecule has 0 aromatic carbocycles. The highest BCUT2D eigenvalue weighted by Gasteiger charge is 2.11. The molecule has 0 radical (unpaired) electrons. The van der Waals surface area contributed by atoms with Gasteiger partial charge in [0.1, 0.15) is 6.07 Å². The summed E-state index contributed by atoms with van der Waals surface area (Å²) in [6.07, 6.45) is 1.63. The molecule has 0 unspecified atom stereocenters. The molecule has 0 aliphatic heterocycles. The molecule has 0 atom stereocenters. The Morgan fingerprint density at radius 3 is 2.83 bits per heavy atom. The minimum Gasteiger partial charge on any atom is -0.460 e. The molecule has 0 rings (SSSR count). The fraction of sp³-hybridized carbons (Fsp3) is 0.571. The third-order valence-electron chi connectivity index (χ3n) is 1.13. The summed E-state index contributed by atoms with van der Waals surface area (Å²) in [4.78, 5) is 10.7. The largest absolute Gasteiger partial charge is 0.460 e. The van der Waals surface area contributed by atoms with E-state index in [0.717, 1.165) is 12.8 Å². The van der Waals surface area contributed by atoms with Gasteiger partial charge in [0.2, 0.25) is 0 Å². The first kappa shape index (κ1) is 10.4. The lowest BCUT2D eigenvalue weighted by Gasteiger charge is -1.99. The summed E-state index contributed by atoms with van der Waals surface area (Å²) in [5.74, 6) is -0.881. The van der Waals surface area contributed by atoms with E-state index < -0.39 is 11.7 Å². The average Bonchev–Trinajstić information content (AvgIpc) is 2.07. The van der Waals surface area contributed by atoms with Crippen LogP contribution in [-0.4, -0.2) is 23.5 Å². The van der Waals surface area contributed by atoms with Crippen LogP contribution in [-0.2, 0) is 9.53 Å². The molecule has 5 nitrogen and oxygen atoms in total. The summed E-state index contributed by atoms with van der Waals surface area (Å²) in [5, 5.41) is 18.8. The molecule has 0 aliphatic rings. The van der Waals surface area contributed by atoms with E-state index in [9.17, 15) is 4.79 Å². The Balaban J connectivity index is 3.81. The normalized spacial score (nSPS) is 10.5. The van der Waals surface area contributed by atoms with Crippen molar-refractivity contribution >= 4 is 11.7 Å². The average molecular weight is 170 g/mol. The number of esters is 1. The molecule has 0 bridgehead atoms. The van der Waals surface area contributed by atoms with Crippen molar-refractivity contribution < 1.29 is 14.7 Å². The van der Waals surface area contributed by atoms with Crippen LogP contribution < -0.4 is 0 Å². The van der Waals surface area contributed by atoms with Crippen molar-refractivity contribution in [1.82, 2.24) is 0 Å². The second-order valence-corrected chi connectivity index (χ2v) is 2.05. The van der Waals surface area contributed by atoms with Crippen LogP contribution in [0.5, 0.6) is 0 Å². The molecule has 0 amide bonds. The first-order valence-electron chi connectivity index (χ1n) is 3.55. The zero-order valence-electron chi connectivity index (χ0n) is 6.78. The van der Waals surface area contributed by atoms with Gasteiger partial charge in [-0.3, -0.25) is 0 Å². The number of carbonyl (C=O) groups is 1. The highest BCUT2D eigenvalue weighted by Crippen LogP contribution is 1.90. The number of nitriles is 1. The van der Waals surface area contributed by atoms with E-state index in [1.165, 1.54) is 6.07 Å². The molecule has 1 N–H and O–H groups in total. The van der Waals surface area contributed by atoms with Crippen LogP contribution >= 0.6 is 0 Å². The van der Waals surface area contributed by atoms with Gasteiger partial charge in [0.15, 0.2) is 0 Å². The zero-order valence-corrected chi connectivity index (χ0v) is 6.78. The van der Waals surface area contributed by atoms with Crippen molar-refractivity contribution in [2.24, 2.45) is 5.16 Å². The molecule has 0 aromatic heterocycles. The van der Waals surface area contributed by atoms with Crippen molar-refractivity contribution in [2.75, 3.05) is 6.61 Å². The predicted octanol–water partition coefficient (Wildman–Crippen LogP) is 0.683. The van der Waals surface area contributed by atoms with E-state index in [1.807, 2.05) is 6.92 Å². The summed E-state index contributed by atoms with van der Waals surface area (Å²) in [5.41, 5.74) is -0.619. The molecular weight excluding hydrogens is 160 g/mol. The first-order chi connectivity index (χ1) is 5.76. The lowest BCUT2D eigenvalue weighted by molar-refractivity contribution is -0.135. The maximum Gasteiger partial charge on any atom is 0.371 e. The Bertz CT molecular complexity index is 217. The number of oxime groups is 1. The number of hydrogen-bond acceptors (Lipinski definition) is 5. The third-order valence-corrected chi connectivity index (χ3v) is 1.13. The summed E-state index contributed by atoms with van der Waals surface area (Å²) in [7, 11) is 0. The minimum absolute atomic E-state index is 0.246. The van der Waals surface area contributed by atoms with Gasteiger partial charge in [-0.15, -0.1) is 0 Å². The van der Waals surface area contributed by atoms with E-state index in [2.05, 4.69) is 9.89 Å². The van der Waals surface area contributed by atoms with E-state index in [4.69, 9.17) is 10.5 Å². The van der Waals surface area contributed by atoms with Gasteiger partial charge in [-0.1, -0.05) is 18.5 Å². The van der Waals surface area contributed by atoms with Crippen molar-refractivity contribution in [3.05, 3.63) is 0 Å². The number of unbranched alkanes of at least 4 members (excludes halogenated alkanes) is 1. The van der Waals surface area contributed by atoms with E-state index in [0.29, 0.717) is 0 Å². The van der Waals surface area contributed by atoms with Crippen LogP contribution in [0.1, 0.15) is 19.8 Å². The summed E-state index contributed by atoms with van der Waals surface area (Å²) >= 11 is 0. The van der Waals surface area contributed by atoms with Gasteiger partial charge in [-0.2, -0.15) is 5.26 Å². The Morgan fingerprint density at radius 1 is 1.75 bits per heavy atom. The number of hydrogen-bond donors (Lipinski definition) is 1. The second-order valence-electron chi connectivity index (χ2n) is 2.05. The highest BCUT2D eigenvalue weighted by molar-refractivity contribution is 6.42. The van der Waals surface area contributed by atoms with Crippen molar-refractivity contribution in [3.63, 3.8) is 0 Å². The maximum atomic E-state index is 10.7. The van der Waals surface area contributed by atoms with Gasteiger partial charge in [0.25, 0.3) is 5.71 Å². The molecule has 0 aliphatic carbocycles. The lowest BCUT2D eigenvalue weighted by Crippen LogP contribution is -2.16. The van der Waals surface area contributed by atoms with Crippen LogP contribution in [0.3, 0.4) is 0 Å². The van der Waals surface area contributed by atoms with Crippen molar-refractivity contribution in [3.8, 4) is 6.07 Å². The molecule has 0 aromatic rings. The topological polar surface area (TPSA) is 82.7 Å². The van der Waals surface area contributed by atoms with Crippen LogP contribution in [0, 0.1) is 11.3 Å². The molecule has 0 spiro atoms. The predicted molar refractivity (Wildman–Crippen MR) is 40.7 cm³/mol. The van der Waals surface area contributed by atoms with Crippen LogP contribution in [0.25, 0.3) is 0 Å². The summed E-state index contributed by atoms with van der Waals surface area (Å²) in [6, 6.07) is 1.40. The number of carbonyl (C=O) groups excluding carboxylic acids is 1. The van der Waals surface area contributed by atoms with Crippen LogP contribution in [0.2, 0.25) is 0 Å². The Kier molecular flexibility index (Phi) is 5.35. The standard InChI is InChI=1S/C7H10N2O3/c1-2-3-4-12-7(10)6(5-8)9-11/h11H,2-4H2,1H3/b9-6+. The van der Waals surface area contributed by atoms with Crippen LogP contribution in [0.15, 0.2) is 5.16 Å². The Morgan fingerprint density at radius 2 is 2.42 bits per heavy atom. The van der Waals surface area contributed by atoms with E-state index >= 15 is 0 Å². The van der Waals surface area contributed by atoms with Crippen LogP contribution in [0.4, 0.5) is 0 Å². The number of ether oxygens (including phenoxy) is 1. The molecule has 0 fully saturated rings. The summed E-state index contributed by atoms with van der Waals surface area (Å²) in [6.45, 7) is 2.19. The fourth-order valence-corrected chi connectivity index (χ4v) is 0.486. The third kappa shape index (κ3) is 3.56. The van der Waals surface area contributed by atoms with E-state index in [1.54, 1.807) is 0 Å².